The van der Waals surface area contributed by atoms with Crippen molar-refractivity contribution in [2.75, 3.05) is 12.3 Å². The molecule has 5 nitrogen and oxygen atoms in total. The van der Waals surface area contributed by atoms with Gasteiger partial charge in [-0.25, -0.2) is 4.98 Å². The van der Waals surface area contributed by atoms with E-state index in [1.54, 1.807) is 0 Å². The lowest BCUT2D eigenvalue weighted by Gasteiger charge is -2.11. The van der Waals surface area contributed by atoms with Gasteiger partial charge in [0, 0.05) is 11.5 Å². The maximum Gasteiger partial charge on any atom is 0.223 e. The number of nitrogens with zero attached hydrogens (tertiary/aromatic N) is 3. The topological polar surface area (TPSA) is 73.9 Å². The highest BCUT2D eigenvalue weighted by molar-refractivity contribution is 5.43. The fourth-order valence-corrected chi connectivity index (χ4v) is 2.22. The monoisotopic (exact) mass is 256 g/mol. The molecule has 0 saturated heterocycles. The molecular weight excluding hydrogens is 240 g/mol. The molecule has 19 heavy (non-hydrogen) atoms. The van der Waals surface area contributed by atoms with Crippen molar-refractivity contribution in [3.63, 3.8) is 0 Å². The van der Waals surface area contributed by atoms with Crippen LogP contribution in [0.25, 0.3) is 0 Å². The van der Waals surface area contributed by atoms with Gasteiger partial charge in [0.1, 0.15) is 24.0 Å². The minimum Gasteiger partial charge on any atom is -0.492 e. The largest absolute Gasteiger partial charge is 0.492 e. The summed E-state index contributed by atoms with van der Waals surface area (Å²) < 4.78 is 5.66. The van der Waals surface area contributed by atoms with Crippen LogP contribution in [-0.4, -0.2) is 21.6 Å². The lowest BCUT2D eigenvalue weighted by atomic mass is 10.0. The minimum atomic E-state index is 0.0407. The van der Waals surface area contributed by atoms with E-state index in [0.29, 0.717) is 12.4 Å². The Morgan fingerprint density at radius 2 is 2.00 bits per heavy atom. The normalized spacial score (nSPS) is 17.3. The third kappa shape index (κ3) is 2.12. The first-order valence-electron chi connectivity index (χ1n) is 6.38. The number of fused-ring (bicyclic) bond motifs is 1. The molecule has 98 valence electrons. The third-order valence-corrected chi connectivity index (χ3v) is 3.22. The van der Waals surface area contributed by atoms with E-state index < -0.39 is 0 Å². The number of benzene rings is 1. The Morgan fingerprint density at radius 1 is 1.21 bits per heavy atom. The molecule has 0 radical (unpaired) electrons. The van der Waals surface area contributed by atoms with Crippen molar-refractivity contribution in [1.82, 2.24) is 15.0 Å². The van der Waals surface area contributed by atoms with Crippen molar-refractivity contribution in [3.8, 4) is 5.75 Å². The molecule has 0 bridgehead atoms. The molecule has 2 heterocycles. The first kappa shape index (κ1) is 11.9. The maximum atomic E-state index is 5.78. The number of rotatable bonds is 2. The van der Waals surface area contributed by atoms with Gasteiger partial charge in [-0.15, -0.1) is 0 Å². The van der Waals surface area contributed by atoms with Crippen molar-refractivity contribution in [1.29, 1.82) is 0 Å². The van der Waals surface area contributed by atoms with Crippen LogP contribution in [-0.2, 0) is 0 Å². The first-order valence-corrected chi connectivity index (χ1v) is 6.38. The van der Waals surface area contributed by atoms with E-state index in [1.165, 1.54) is 0 Å². The number of hydrogen-bond donors (Lipinski definition) is 1. The van der Waals surface area contributed by atoms with Crippen molar-refractivity contribution in [2.24, 2.45) is 0 Å². The Morgan fingerprint density at radius 3 is 2.79 bits per heavy atom. The molecule has 1 unspecified atom stereocenters. The van der Waals surface area contributed by atoms with Crippen LogP contribution < -0.4 is 10.5 Å². The van der Waals surface area contributed by atoms with Crippen molar-refractivity contribution < 1.29 is 4.74 Å². The molecule has 1 aromatic carbocycles. The number of aromatic nitrogens is 3. The second-order valence-electron chi connectivity index (χ2n) is 4.97. The second kappa shape index (κ2) is 4.50. The standard InChI is InChI=1S/C14H16N4O/c1-8(2)12-16-13(18-14(15)17-12)10-7-19-11-6-4-3-5-9(10)11/h3-6,8,10H,7H2,1-2H3,(H2,15,16,17,18). The fraction of sp³-hybridized carbons (Fsp3) is 0.357. The number of anilines is 1. The van der Waals surface area contributed by atoms with Gasteiger partial charge in [0.2, 0.25) is 5.95 Å². The molecule has 0 spiro atoms. The molecule has 1 aliphatic rings. The number of ether oxygens (including phenoxy) is 1. The van der Waals surface area contributed by atoms with Crippen LogP contribution in [0.4, 0.5) is 5.95 Å². The maximum absolute atomic E-state index is 5.78. The van der Waals surface area contributed by atoms with Crippen LogP contribution >= 0.6 is 0 Å². The quantitative estimate of drug-likeness (QED) is 0.890. The summed E-state index contributed by atoms with van der Waals surface area (Å²) in [5.41, 5.74) is 6.90. The van der Waals surface area contributed by atoms with Gasteiger partial charge in [-0.05, 0) is 6.07 Å². The van der Waals surface area contributed by atoms with Crippen molar-refractivity contribution in [3.05, 3.63) is 41.5 Å². The summed E-state index contributed by atoms with van der Waals surface area (Å²) in [7, 11) is 0. The van der Waals surface area contributed by atoms with E-state index in [9.17, 15) is 0 Å². The zero-order valence-electron chi connectivity index (χ0n) is 11.0. The van der Waals surface area contributed by atoms with Crippen LogP contribution in [0.1, 0.15) is 42.9 Å². The SMILES string of the molecule is CC(C)c1nc(N)nc(C2COc3ccccc32)n1. The summed E-state index contributed by atoms with van der Waals surface area (Å²) in [6, 6.07) is 7.96. The summed E-state index contributed by atoms with van der Waals surface area (Å²) in [5, 5.41) is 0. The summed E-state index contributed by atoms with van der Waals surface area (Å²) >= 11 is 0. The van der Waals surface area contributed by atoms with E-state index in [1.807, 2.05) is 38.1 Å². The highest BCUT2D eigenvalue weighted by Crippen LogP contribution is 2.36. The lowest BCUT2D eigenvalue weighted by molar-refractivity contribution is 0.339. The molecule has 2 aromatic rings. The molecule has 0 amide bonds. The van der Waals surface area contributed by atoms with Crippen LogP contribution in [0, 0.1) is 0 Å². The Labute approximate surface area is 111 Å². The molecule has 3 rings (SSSR count). The third-order valence-electron chi connectivity index (χ3n) is 3.22. The summed E-state index contributed by atoms with van der Waals surface area (Å²) in [4.78, 5) is 13.0. The molecule has 2 N–H and O–H groups in total. The van der Waals surface area contributed by atoms with E-state index >= 15 is 0 Å². The highest BCUT2D eigenvalue weighted by Gasteiger charge is 2.28. The van der Waals surface area contributed by atoms with Gasteiger partial charge in [-0.1, -0.05) is 32.0 Å². The lowest BCUT2D eigenvalue weighted by Crippen LogP contribution is -2.13. The number of para-hydroxylation sites is 1. The molecule has 1 aromatic heterocycles. The number of nitrogen functional groups attached to an aromatic ring is 1. The molecule has 0 aliphatic carbocycles. The average molecular weight is 256 g/mol. The van der Waals surface area contributed by atoms with Crippen LogP contribution in [0.2, 0.25) is 0 Å². The van der Waals surface area contributed by atoms with Gasteiger partial charge < -0.3 is 10.5 Å². The number of nitrogens with two attached hydrogens (primary N) is 1. The fourth-order valence-electron chi connectivity index (χ4n) is 2.22. The molecule has 1 aliphatic heterocycles. The Bertz CT molecular complexity index is 612. The first-order chi connectivity index (χ1) is 9.15. The Balaban J connectivity index is 2.04. The minimum absolute atomic E-state index is 0.0407. The smallest absolute Gasteiger partial charge is 0.223 e. The molecule has 5 heteroatoms. The van der Waals surface area contributed by atoms with Gasteiger partial charge in [-0.2, -0.15) is 9.97 Å². The predicted molar refractivity (Wildman–Crippen MR) is 72.1 cm³/mol. The zero-order valence-corrected chi connectivity index (χ0v) is 11.0. The van der Waals surface area contributed by atoms with Gasteiger partial charge >= 0.3 is 0 Å². The number of hydrogen-bond acceptors (Lipinski definition) is 5. The summed E-state index contributed by atoms with van der Waals surface area (Å²) in [5.74, 6) is 2.87. The summed E-state index contributed by atoms with van der Waals surface area (Å²) in [6.07, 6.45) is 0. The van der Waals surface area contributed by atoms with Gasteiger partial charge in [0.15, 0.2) is 0 Å². The molecule has 1 atom stereocenters. The van der Waals surface area contributed by atoms with Crippen molar-refractivity contribution in [2.45, 2.75) is 25.7 Å². The zero-order chi connectivity index (χ0) is 13.4. The van der Waals surface area contributed by atoms with Gasteiger partial charge in [-0.3, -0.25) is 0 Å². The van der Waals surface area contributed by atoms with Gasteiger partial charge in [0.05, 0.1) is 5.92 Å². The van der Waals surface area contributed by atoms with Crippen LogP contribution in [0.5, 0.6) is 5.75 Å². The Hall–Kier alpha value is -2.17. The second-order valence-corrected chi connectivity index (χ2v) is 4.97. The van der Waals surface area contributed by atoms with E-state index in [-0.39, 0.29) is 17.8 Å². The Kier molecular flexibility index (Phi) is 2.81. The van der Waals surface area contributed by atoms with Crippen LogP contribution in [0.3, 0.4) is 0 Å². The van der Waals surface area contributed by atoms with E-state index in [0.717, 1.165) is 17.1 Å². The van der Waals surface area contributed by atoms with Gasteiger partial charge in [0.25, 0.3) is 0 Å². The van der Waals surface area contributed by atoms with E-state index in [4.69, 9.17) is 10.5 Å². The molecular formula is C14H16N4O. The average Bonchev–Trinajstić information content (AvgIpc) is 2.81. The molecule has 0 fully saturated rings. The van der Waals surface area contributed by atoms with Crippen LogP contribution in [0.15, 0.2) is 24.3 Å². The highest BCUT2D eigenvalue weighted by atomic mass is 16.5. The van der Waals surface area contributed by atoms with Crippen molar-refractivity contribution >= 4 is 5.95 Å². The van der Waals surface area contributed by atoms with E-state index in [2.05, 4.69) is 15.0 Å². The predicted octanol–water partition coefficient (Wildman–Crippen LogP) is 2.10. The molecule has 0 saturated carbocycles. The summed E-state index contributed by atoms with van der Waals surface area (Å²) in [6.45, 7) is 4.63.